The highest BCUT2D eigenvalue weighted by Crippen LogP contribution is 2.28. The Morgan fingerprint density at radius 1 is 0.926 bits per heavy atom. The van der Waals surface area contributed by atoms with E-state index in [1.807, 2.05) is 12.1 Å². The van der Waals surface area contributed by atoms with E-state index >= 15 is 0 Å². The summed E-state index contributed by atoms with van der Waals surface area (Å²) in [6.45, 7) is 7.60. The van der Waals surface area contributed by atoms with Crippen LogP contribution in [0, 0.1) is 0 Å². The average Bonchev–Trinajstić information content (AvgIpc) is 2.62. The second-order valence-electron chi connectivity index (χ2n) is 7.56. The summed E-state index contributed by atoms with van der Waals surface area (Å²) in [5.41, 5.74) is 2.52. The van der Waals surface area contributed by atoms with Gasteiger partial charge in [-0.05, 0) is 56.7 Å². The lowest BCUT2D eigenvalue weighted by Gasteiger charge is -2.22. The summed E-state index contributed by atoms with van der Waals surface area (Å²) >= 11 is 0. The number of benzene rings is 1. The van der Waals surface area contributed by atoms with Gasteiger partial charge in [0, 0.05) is 0 Å². The standard InChI is InChI=1S/C22H38O4S/c1-5-7-9-11-14-20-15-13-17-22(21(20)16-12-10-8-6-2)26-18(3)19(4)27(23,24)25/h13,15,17-19H,5-12,14,16H2,1-4H3,(H,23,24,25). The molecule has 0 radical (unpaired) electrons. The Morgan fingerprint density at radius 2 is 1.52 bits per heavy atom. The van der Waals surface area contributed by atoms with E-state index in [-0.39, 0.29) is 0 Å². The van der Waals surface area contributed by atoms with Crippen molar-refractivity contribution in [2.45, 2.75) is 103 Å². The summed E-state index contributed by atoms with van der Waals surface area (Å²) < 4.78 is 38.2. The maximum Gasteiger partial charge on any atom is 0.271 e. The Balaban J connectivity index is 2.95. The van der Waals surface area contributed by atoms with Crippen LogP contribution in [0.1, 0.15) is 90.2 Å². The minimum Gasteiger partial charge on any atom is -0.489 e. The van der Waals surface area contributed by atoms with Gasteiger partial charge in [-0.15, -0.1) is 0 Å². The molecule has 0 fully saturated rings. The molecule has 5 heteroatoms. The van der Waals surface area contributed by atoms with Gasteiger partial charge in [0.25, 0.3) is 10.1 Å². The molecular formula is C22H38O4S. The monoisotopic (exact) mass is 398 g/mol. The van der Waals surface area contributed by atoms with Gasteiger partial charge in [-0.2, -0.15) is 8.42 Å². The highest BCUT2D eigenvalue weighted by atomic mass is 32.2. The summed E-state index contributed by atoms with van der Waals surface area (Å²) in [5.74, 6) is 0.766. The molecule has 0 aliphatic heterocycles. The third-order valence-corrected chi connectivity index (χ3v) is 6.58. The Bertz CT molecular complexity index is 640. The fourth-order valence-corrected chi connectivity index (χ4v) is 3.79. The number of unbranched alkanes of at least 4 members (excludes halogenated alkanes) is 6. The Hall–Kier alpha value is -1.07. The van der Waals surface area contributed by atoms with E-state index in [1.165, 1.54) is 56.6 Å². The second-order valence-corrected chi connectivity index (χ2v) is 9.33. The van der Waals surface area contributed by atoms with E-state index < -0.39 is 21.5 Å². The Labute approximate surface area is 166 Å². The zero-order valence-electron chi connectivity index (χ0n) is 17.5. The van der Waals surface area contributed by atoms with Crippen LogP contribution in [0.4, 0.5) is 0 Å². The molecule has 0 amide bonds. The maximum absolute atomic E-state index is 11.4. The van der Waals surface area contributed by atoms with Crippen LogP contribution in [0.2, 0.25) is 0 Å². The van der Waals surface area contributed by atoms with Gasteiger partial charge in [0.15, 0.2) is 0 Å². The highest BCUT2D eigenvalue weighted by Gasteiger charge is 2.26. The summed E-state index contributed by atoms with van der Waals surface area (Å²) in [6, 6.07) is 6.09. The summed E-state index contributed by atoms with van der Waals surface area (Å²) in [4.78, 5) is 0. The molecule has 0 saturated heterocycles. The number of hydrogen-bond acceptors (Lipinski definition) is 3. The van der Waals surface area contributed by atoms with Crippen molar-refractivity contribution in [3.8, 4) is 5.75 Å². The molecule has 2 unspecified atom stereocenters. The van der Waals surface area contributed by atoms with Gasteiger partial charge in [0.05, 0.1) is 0 Å². The molecule has 27 heavy (non-hydrogen) atoms. The molecule has 0 saturated carbocycles. The first-order chi connectivity index (χ1) is 12.8. The third-order valence-electron chi connectivity index (χ3n) is 5.25. The molecule has 0 bridgehead atoms. The first kappa shape index (κ1) is 24.0. The topological polar surface area (TPSA) is 63.6 Å². The lowest BCUT2D eigenvalue weighted by molar-refractivity contribution is 0.212. The maximum atomic E-state index is 11.4. The van der Waals surface area contributed by atoms with E-state index in [0.717, 1.165) is 31.4 Å². The van der Waals surface area contributed by atoms with E-state index in [2.05, 4.69) is 19.9 Å². The van der Waals surface area contributed by atoms with Crippen molar-refractivity contribution < 1.29 is 17.7 Å². The molecule has 0 heterocycles. The smallest absolute Gasteiger partial charge is 0.271 e. The molecule has 0 spiro atoms. The average molecular weight is 399 g/mol. The SMILES string of the molecule is CCCCCCc1cccc(OC(C)C(C)S(=O)(=O)O)c1CCCCCC. The van der Waals surface area contributed by atoms with Crippen LogP contribution in [0.25, 0.3) is 0 Å². The van der Waals surface area contributed by atoms with Crippen molar-refractivity contribution >= 4 is 10.1 Å². The number of hydrogen-bond donors (Lipinski definition) is 1. The van der Waals surface area contributed by atoms with Crippen LogP contribution in [-0.4, -0.2) is 24.3 Å². The van der Waals surface area contributed by atoms with Crippen molar-refractivity contribution in [3.63, 3.8) is 0 Å². The second kappa shape index (κ2) is 12.4. The predicted octanol–water partition coefficient (Wildman–Crippen LogP) is 5.98. The van der Waals surface area contributed by atoms with Crippen molar-refractivity contribution in [2.24, 2.45) is 0 Å². The van der Waals surface area contributed by atoms with Crippen molar-refractivity contribution in [3.05, 3.63) is 29.3 Å². The van der Waals surface area contributed by atoms with Crippen LogP contribution in [0.5, 0.6) is 5.75 Å². The quantitative estimate of drug-likeness (QED) is 0.309. The van der Waals surface area contributed by atoms with E-state index in [0.29, 0.717) is 0 Å². The van der Waals surface area contributed by atoms with Gasteiger partial charge in [0.1, 0.15) is 17.1 Å². The van der Waals surface area contributed by atoms with Gasteiger partial charge < -0.3 is 4.74 Å². The zero-order chi connectivity index (χ0) is 20.3. The first-order valence-electron chi connectivity index (χ1n) is 10.5. The molecule has 0 aliphatic rings. The molecule has 0 aliphatic carbocycles. The van der Waals surface area contributed by atoms with Crippen molar-refractivity contribution in [1.29, 1.82) is 0 Å². The van der Waals surface area contributed by atoms with Crippen molar-refractivity contribution in [2.75, 3.05) is 0 Å². The van der Waals surface area contributed by atoms with Crippen LogP contribution in [-0.2, 0) is 23.0 Å². The lowest BCUT2D eigenvalue weighted by atomic mass is 9.95. The summed E-state index contributed by atoms with van der Waals surface area (Å²) in [7, 11) is -4.11. The van der Waals surface area contributed by atoms with Gasteiger partial charge in [-0.25, -0.2) is 0 Å². The fraction of sp³-hybridized carbons (Fsp3) is 0.727. The normalized spacial score (nSPS) is 14.1. The first-order valence-corrected chi connectivity index (χ1v) is 12.0. The molecule has 2 atom stereocenters. The van der Waals surface area contributed by atoms with Crippen LogP contribution >= 0.6 is 0 Å². The van der Waals surface area contributed by atoms with E-state index in [9.17, 15) is 13.0 Å². The molecule has 4 nitrogen and oxygen atoms in total. The molecule has 1 rings (SSSR count). The van der Waals surface area contributed by atoms with Crippen LogP contribution in [0.15, 0.2) is 18.2 Å². The fourth-order valence-electron chi connectivity index (χ4n) is 3.25. The van der Waals surface area contributed by atoms with Gasteiger partial charge in [0.2, 0.25) is 0 Å². The number of aryl methyl sites for hydroxylation is 1. The highest BCUT2D eigenvalue weighted by molar-refractivity contribution is 7.86. The molecule has 1 aromatic rings. The summed E-state index contributed by atoms with van der Waals surface area (Å²) in [5, 5.41) is -0.960. The zero-order valence-corrected chi connectivity index (χ0v) is 18.4. The van der Waals surface area contributed by atoms with E-state index in [1.54, 1.807) is 6.92 Å². The molecule has 0 aromatic heterocycles. The third kappa shape index (κ3) is 8.65. The lowest BCUT2D eigenvalue weighted by Crippen LogP contribution is -2.33. The molecule has 1 N–H and O–H groups in total. The number of ether oxygens (including phenoxy) is 1. The van der Waals surface area contributed by atoms with Crippen molar-refractivity contribution in [1.82, 2.24) is 0 Å². The van der Waals surface area contributed by atoms with Crippen LogP contribution in [0.3, 0.4) is 0 Å². The Kier molecular flexibility index (Phi) is 11.0. The van der Waals surface area contributed by atoms with Gasteiger partial charge in [-0.1, -0.05) is 64.5 Å². The molecule has 1 aromatic carbocycles. The minimum atomic E-state index is -4.11. The van der Waals surface area contributed by atoms with Gasteiger partial charge >= 0.3 is 0 Å². The molecule has 156 valence electrons. The largest absolute Gasteiger partial charge is 0.489 e. The van der Waals surface area contributed by atoms with Gasteiger partial charge in [-0.3, -0.25) is 4.55 Å². The summed E-state index contributed by atoms with van der Waals surface area (Å²) in [6.07, 6.45) is 11.0. The minimum absolute atomic E-state index is 0.607. The number of rotatable bonds is 14. The molecular weight excluding hydrogens is 360 g/mol. The van der Waals surface area contributed by atoms with Crippen LogP contribution < -0.4 is 4.74 Å². The predicted molar refractivity (Wildman–Crippen MR) is 113 cm³/mol. The van der Waals surface area contributed by atoms with E-state index in [4.69, 9.17) is 4.74 Å². The Morgan fingerprint density at radius 3 is 2.07 bits per heavy atom.